The maximum atomic E-state index is 13.3. The molecule has 2 aromatic carbocycles. The first-order chi connectivity index (χ1) is 15.2. The van der Waals surface area contributed by atoms with Gasteiger partial charge in [0.2, 0.25) is 5.91 Å². The first-order valence-corrected chi connectivity index (χ1v) is 12.5. The molecule has 0 radical (unpaired) electrons. The number of piperidine rings is 1. The number of carbonyl (C=O) groups is 2. The second kappa shape index (κ2) is 10.2. The first-order valence-electron chi connectivity index (χ1n) is 11.0. The molecular formula is C24H31N3O4S. The number of hydrogen-bond donors (Lipinski definition) is 2. The number of carbonyl (C=O) groups excluding carboxylic acids is 2. The molecule has 0 spiro atoms. The van der Waals surface area contributed by atoms with Crippen molar-refractivity contribution in [3.05, 3.63) is 59.7 Å². The number of likely N-dealkylation sites (tertiary alicyclic amines) is 1. The van der Waals surface area contributed by atoms with Crippen LogP contribution in [0.4, 0.5) is 5.69 Å². The van der Waals surface area contributed by atoms with E-state index in [4.69, 9.17) is 0 Å². The minimum atomic E-state index is -3.87. The van der Waals surface area contributed by atoms with Gasteiger partial charge in [-0.1, -0.05) is 24.3 Å². The third kappa shape index (κ3) is 5.68. The Morgan fingerprint density at radius 2 is 1.62 bits per heavy atom. The second-order valence-corrected chi connectivity index (χ2v) is 10.1. The molecule has 2 atom stereocenters. The average molecular weight is 458 g/mol. The van der Waals surface area contributed by atoms with Crippen LogP contribution in [0.25, 0.3) is 0 Å². The molecule has 0 saturated carbocycles. The lowest BCUT2D eigenvalue weighted by Crippen LogP contribution is -2.47. The highest BCUT2D eigenvalue weighted by atomic mass is 32.2. The highest BCUT2D eigenvalue weighted by Gasteiger charge is 2.31. The predicted octanol–water partition coefficient (Wildman–Crippen LogP) is 3.57. The lowest BCUT2D eigenvalue weighted by molar-refractivity contribution is -0.118. The van der Waals surface area contributed by atoms with Crippen LogP contribution in [-0.4, -0.2) is 43.8 Å². The van der Waals surface area contributed by atoms with Crippen LogP contribution in [0.2, 0.25) is 0 Å². The van der Waals surface area contributed by atoms with E-state index in [1.807, 2.05) is 18.7 Å². The number of sulfonamides is 1. The molecule has 1 aliphatic heterocycles. The first kappa shape index (κ1) is 23.8. The van der Waals surface area contributed by atoms with Crippen molar-refractivity contribution in [3.63, 3.8) is 0 Å². The van der Waals surface area contributed by atoms with Gasteiger partial charge >= 0.3 is 0 Å². The summed E-state index contributed by atoms with van der Waals surface area (Å²) in [7, 11) is -3.87. The van der Waals surface area contributed by atoms with Crippen molar-refractivity contribution in [3.8, 4) is 0 Å². The molecular weight excluding hydrogens is 426 g/mol. The number of nitrogens with one attached hydrogen (secondary N) is 2. The Balaban J connectivity index is 1.78. The Bertz CT molecular complexity index is 1060. The minimum absolute atomic E-state index is 0.102. The normalized spacial score (nSPS) is 18.8. The zero-order chi connectivity index (χ0) is 23.3. The quantitative estimate of drug-likeness (QED) is 0.664. The van der Waals surface area contributed by atoms with E-state index < -0.39 is 10.0 Å². The summed E-state index contributed by atoms with van der Waals surface area (Å²) in [6.45, 7) is 6.01. The molecule has 1 heterocycles. The van der Waals surface area contributed by atoms with Crippen LogP contribution in [0.1, 0.15) is 56.0 Å². The van der Waals surface area contributed by atoms with Crippen molar-refractivity contribution in [2.45, 2.75) is 63.4 Å². The number of para-hydroxylation sites is 1. The molecule has 1 aliphatic rings. The fourth-order valence-electron chi connectivity index (χ4n) is 4.14. The Kier molecular flexibility index (Phi) is 7.56. The highest BCUT2D eigenvalue weighted by molar-refractivity contribution is 7.92. The van der Waals surface area contributed by atoms with Gasteiger partial charge in [-0.05, 0) is 69.4 Å². The van der Waals surface area contributed by atoms with Gasteiger partial charge in [0.1, 0.15) is 0 Å². The van der Waals surface area contributed by atoms with Gasteiger partial charge in [-0.3, -0.25) is 14.3 Å². The van der Waals surface area contributed by atoms with Crippen LogP contribution in [0.3, 0.4) is 0 Å². The van der Waals surface area contributed by atoms with Gasteiger partial charge in [0, 0.05) is 25.6 Å². The van der Waals surface area contributed by atoms with Gasteiger partial charge in [0.15, 0.2) is 0 Å². The lowest BCUT2D eigenvalue weighted by Gasteiger charge is -2.39. The van der Waals surface area contributed by atoms with Crippen molar-refractivity contribution in [2.24, 2.45) is 0 Å². The summed E-state index contributed by atoms with van der Waals surface area (Å²) < 4.78 is 28.6. The molecule has 0 aliphatic carbocycles. The van der Waals surface area contributed by atoms with E-state index >= 15 is 0 Å². The number of amides is 2. The van der Waals surface area contributed by atoms with Crippen LogP contribution >= 0.6 is 0 Å². The number of benzene rings is 2. The molecule has 2 aromatic rings. The predicted molar refractivity (Wildman–Crippen MR) is 125 cm³/mol. The zero-order valence-corrected chi connectivity index (χ0v) is 19.6. The van der Waals surface area contributed by atoms with Crippen molar-refractivity contribution in [1.82, 2.24) is 10.2 Å². The number of rotatable bonds is 7. The molecule has 32 heavy (non-hydrogen) atoms. The molecule has 8 heteroatoms. The van der Waals surface area contributed by atoms with E-state index in [2.05, 4.69) is 10.0 Å². The summed E-state index contributed by atoms with van der Waals surface area (Å²) in [5.74, 6) is -0.258. The highest BCUT2D eigenvalue weighted by Crippen LogP contribution is 2.28. The maximum Gasteiger partial charge on any atom is 0.261 e. The Hall–Kier alpha value is -2.87. The fourth-order valence-corrected chi connectivity index (χ4v) is 5.22. The van der Waals surface area contributed by atoms with Gasteiger partial charge in [-0.2, -0.15) is 0 Å². The summed E-state index contributed by atoms with van der Waals surface area (Å²) in [5.41, 5.74) is 1.54. The molecule has 1 saturated heterocycles. The molecule has 2 N–H and O–H groups in total. The lowest BCUT2D eigenvalue weighted by atomic mass is 9.96. The van der Waals surface area contributed by atoms with Gasteiger partial charge in [0.05, 0.1) is 16.1 Å². The summed E-state index contributed by atoms with van der Waals surface area (Å²) in [6.07, 6.45) is 3.58. The maximum absolute atomic E-state index is 13.3. The van der Waals surface area contributed by atoms with E-state index in [-0.39, 0.29) is 34.5 Å². The van der Waals surface area contributed by atoms with Gasteiger partial charge in [0.25, 0.3) is 15.9 Å². The molecule has 3 rings (SSSR count). The molecule has 172 valence electrons. The average Bonchev–Trinajstić information content (AvgIpc) is 2.74. The second-order valence-electron chi connectivity index (χ2n) is 8.37. The van der Waals surface area contributed by atoms with Crippen molar-refractivity contribution < 1.29 is 18.0 Å². The molecule has 2 unspecified atom stereocenters. The Morgan fingerprint density at radius 1 is 1.00 bits per heavy atom. The molecule has 2 amide bonds. The minimum Gasteiger partial charge on any atom is -0.356 e. The summed E-state index contributed by atoms with van der Waals surface area (Å²) in [5, 5.41) is 2.72. The van der Waals surface area contributed by atoms with Crippen molar-refractivity contribution >= 4 is 27.5 Å². The van der Waals surface area contributed by atoms with E-state index in [1.54, 1.807) is 36.4 Å². The topological polar surface area (TPSA) is 95.6 Å². The van der Waals surface area contributed by atoms with Crippen molar-refractivity contribution in [2.75, 3.05) is 11.3 Å². The fraction of sp³-hybridized carbons (Fsp3) is 0.417. The van der Waals surface area contributed by atoms with Crippen LogP contribution in [-0.2, 0) is 21.2 Å². The van der Waals surface area contributed by atoms with Gasteiger partial charge < -0.3 is 10.2 Å². The van der Waals surface area contributed by atoms with E-state index in [1.165, 1.54) is 19.1 Å². The molecule has 0 aromatic heterocycles. The number of nitrogens with zero attached hydrogens (tertiary/aromatic N) is 1. The van der Waals surface area contributed by atoms with Crippen LogP contribution in [0.15, 0.2) is 53.4 Å². The van der Waals surface area contributed by atoms with E-state index in [0.717, 1.165) is 24.8 Å². The number of hydrogen-bond acceptors (Lipinski definition) is 4. The van der Waals surface area contributed by atoms with Crippen LogP contribution in [0, 0.1) is 0 Å². The smallest absolute Gasteiger partial charge is 0.261 e. The van der Waals surface area contributed by atoms with Crippen LogP contribution in [0.5, 0.6) is 0 Å². The van der Waals surface area contributed by atoms with E-state index in [0.29, 0.717) is 18.5 Å². The summed E-state index contributed by atoms with van der Waals surface area (Å²) in [6, 6.07) is 13.5. The van der Waals surface area contributed by atoms with E-state index in [9.17, 15) is 18.0 Å². The monoisotopic (exact) mass is 457 g/mol. The standard InChI is InChI=1S/C24H31N3O4S/c1-17-7-6-8-18(2)27(17)24(29)22-9-4-5-10-23(22)26-32(30,31)21-13-11-20(12-14-21)15-16-25-19(3)28/h4-5,9-14,17-18,26H,6-8,15-16H2,1-3H3,(H,25,28). The Labute approximate surface area is 190 Å². The molecule has 0 bridgehead atoms. The molecule has 1 fully saturated rings. The Morgan fingerprint density at radius 3 is 2.25 bits per heavy atom. The summed E-state index contributed by atoms with van der Waals surface area (Å²) >= 11 is 0. The molecule has 7 nitrogen and oxygen atoms in total. The van der Waals surface area contributed by atoms with Gasteiger partial charge in [-0.25, -0.2) is 8.42 Å². The van der Waals surface area contributed by atoms with Gasteiger partial charge in [-0.15, -0.1) is 0 Å². The SMILES string of the molecule is CC(=O)NCCc1ccc(S(=O)(=O)Nc2ccccc2C(=O)N2C(C)CCCC2C)cc1. The largest absolute Gasteiger partial charge is 0.356 e. The van der Waals surface area contributed by atoms with Crippen LogP contribution < -0.4 is 10.0 Å². The zero-order valence-electron chi connectivity index (χ0n) is 18.8. The number of anilines is 1. The third-order valence-electron chi connectivity index (χ3n) is 5.85. The van der Waals surface area contributed by atoms with Crippen molar-refractivity contribution in [1.29, 1.82) is 0 Å². The third-order valence-corrected chi connectivity index (χ3v) is 7.23. The summed E-state index contributed by atoms with van der Waals surface area (Å²) in [4.78, 5) is 26.3.